The molecule has 2 heterocycles. The summed E-state index contributed by atoms with van der Waals surface area (Å²) in [5.74, 6) is -0.557. The van der Waals surface area contributed by atoms with E-state index in [2.05, 4.69) is 0 Å². The highest BCUT2D eigenvalue weighted by atomic mass is 16.6. The van der Waals surface area contributed by atoms with Crippen molar-refractivity contribution in [3.63, 3.8) is 0 Å². The summed E-state index contributed by atoms with van der Waals surface area (Å²) in [6.45, 7) is 16.4. The molecule has 0 spiro atoms. The average Bonchev–Trinajstić information content (AvgIpc) is 3.48. The van der Waals surface area contributed by atoms with Crippen LogP contribution in [0.2, 0.25) is 0 Å². The number of hydrogen-bond donors (Lipinski definition) is 1. The van der Waals surface area contributed by atoms with Crippen molar-refractivity contribution >= 4 is 17.8 Å². The van der Waals surface area contributed by atoms with Crippen LogP contribution in [0.4, 0.5) is 0 Å². The predicted molar refractivity (Wildman–Crippen MR) is 203 cm³/mol. The highest BCUT2D eigenvalue weighted by molar-refractivity contribution is 5.90. The Kier molecular flexibility index (Phi) is 29.0. The molecule has 18 nitrogen and oxygen atoms in total. The van der Waals surface area contributed by atoms with E-state index in [0.29, 0.717) is 165 Å². The molecule has 1 fully saturated rings. The second kappa shape index (κ2) is 32.6. The molecule has 2 amide bonds. The smallest absolute Gasteiger partial charge is 0.320 e. The third-order valence-corrected chi connectivity index (χ3v) is 8.04. The first kappa shape index (κ1) is 49.8. The van der Waals surface area contributed by atoms with Crippen LogP contribution in [-0.2, 0) is 66.5 Å². The fourth-order valence-electron chi connectivity index (χ4n) is 4.96. The van der Waals surface area contributed by atoms with Gasteiger partial charge in [-0.05, 0) is 11.5 Å². The molecule has 1 saturated heterocycles. The normalized spacial score (nSPS) is 20.2. The average molecular weight is 808 g/mol. The minimum atomic E-state index is -0.885. The summed E-state index contributed by atoms with van der Waals surface area (Å²) >= 11 is 0. The zero-order valence-electron chi connectivity index (χ0n) is 34.0. The molecule has 0 aromatic heterocycles. The maximum atomic E-state index is 13.0. The second-order valence-electron chi connectivity index (χ2n) is 14.1. The van der Waals surface area contributed by atoms with E-state index in [1.54, 1.807) is 4.90 Å². The Morgan fingerprint density at radius 1 is 0.661 bits per heavy atom. The number of carbonyl (C=O) groups excluding carboxylic acids is 3. The lowest BCUT2D eigenvalue weighted by molar-refractivity contribution is -0.148. The Morgan fingerprint density at radius 2 is 1.09 bits per heavy atom. The van der Waals surface area contributed by atoms with Crippen molar-refractivity contribution in [2.24, 2.45) is 5.41 Å². The fourth-order valence-corrected chi connectivity index (χ4v) is 4.96. The molecule has 18 heteroatoms. The van der Waals surface area contributed by atoms with Crippen LogP contribution in [0, 0.1) is 5.41 Å². The molecule has 2 rings (SSSR count). The van der Waals surface area contributed by atoms with Crippen LogP contribution in [0.25, 0.3) is 0 Å². The third-order valence-electron chi connectivity index (χ3n) is 8.04. The number of aliphatic hydroxyl groups excluding tert-OH is 1. The van der Waals surface area contributed by atoms with Crippen LogP contribution in [0.3, 0.4) is 0 Å². The lowest BCUT2D eigenvalue weighted by Crippen LogP contribution is -2.37. The summed E-state index contributed by atoms with van der Waals surface area (Å²) in [5.41, 5.74) is -0.101. The number of carbonyl (C=O) groups is 3. The molecule has 0 aromatic carbocycles. The van der Waals surface area contributed by atoms with Crippen LogP contribution in [0.15, 0.2) is 12.2 Å². The Bertz CT molecular complexity index is 1020. The topological polar surface area (TPSA) is 183 Å². The fraction of sp³-hybridized carbons (Fsp3) is 0.868. The predicted octanol–water partition coefficient (Wildman–Crippen LogP) is -0.00720. The molecule has 56 heavy (non-hydrogen) atoms. The Balaban J connectivity index is 1.56. The maximum absolute atomic E-state index is 13.0. The molecular weight excluding hydrogens is 738 g/mol. The SMILES string of the molecule is CC(C)(C)COC(=O)CN1CCOCCOCCOCCN(C(=O)CCOCCOCCOCCOCCN2C(=O)C=CC2O)CCOCCOCCOCC1. The van der Waals surface area contributed by atoms with Gasteiger partial charge in [0, 0.05) is 38.8 Å². The van der Waals surface area contributed by atoms with Crippen LogP contribution < -0.4 is 0 Å². The number of aliphatic hydroxyl groups is 1. The highest BCUT2D eigenvalue weighted by Crippen LogP contribution is 2.13. The first-order chi connectivity index (χ1) is 27.2. The molecule has 0 radical (unpaired) electrons. The van der Waals surface area contributed by atoms with Gasteiger partial charge in [-0.15, -0.1) is 0 Å². The number of hydrogen-bond acceptors (Lipinski definition) is 16. The van der Waals surface area contributed by atoms with Crippen LogP contribution in [0.1, 0.15) is 27.2 Å². The van der Waals surface area contributed by atoms with E-state index in [4.69, 9.17) is 52.1 Å². The van der Waals surface area contributed by atoms with Gasteiger partial charge in [0.25, 0.3) is 0 Å². The van der Waals surface area contributed by atoms with Crippen molar-refractivity contribution in [2.75, 3.05) is 178 Å². The van der Waals surface area contributed by atoms with Gasteiger partial charge in [0.2, 0.25) is 11.8 Å². The lowest BCUT2D eigenvalue weighted by atomic mass is 9.99. The number of rotatable bonds is 18. The first-order valence-electron chi connectivity index (χ1n) is 19.8. The molecule has 1 atom stereocenters. The van der Waals surface area contributed by atoms with Crippen LogP contribution >= 0.6 is 0 Å². The van der Waals surface area contributed by atoms with Crippen molar-refractivity contribution in [3.05, 3.63) is 12.2 Å². The Labute approximate surface area is 332 Å². The molecular formula is C38H69N3O15. The molecule has 0 aliphatic carbocycles. The summed E-state index contributed by atoms with van der Waals surface area (Å²) in [6, 6.07) is 0. The summed E-state index contributed by atoms with van der Waals surface area (Å²) < 4.78 is 61.6. The van der Waals surface area contributed by atoms with Gasteiger partial charge < -0.3 is 67.0 Å². The molecule has 1 N–H and O–H groups in total. The first-order valence-corrected chi connectivity index (χ1v) is 19.8. The monoisotopic (exact) mass is 807 g/mol. The van der Waals surface area contributed by atoms with Gasteiger partial charge in [0.15, 0.2) is 0 Å². The van der Waals surface area contributed by atoms with Gasteiger partial charge in [-0.2, -0.15) is 0 Å². The number of amides is 2. The van der Waals surface area contributed by atoms with Crippen molar-refractivity contribution in [3.8, 4) is 0 Å². The number of ether oxygens (including phenoxy) is 11. The van der Waals surface area contributed by atoms with E-state index in [-0.39, 0.29) is 42.8 Å². The van der Waals surface area contributed by atoms with Gasteiger partial charge >= 0.3 is 5.97 Å². The standard InChI is InChI=1S/C38H69N3O15/c1-38(2,3)33-56-37(45)32-39-7-13-47-19-25-53-27-21-49-15-9-40(10-16-50-22-28-54-26-20-48-14-8-39)34(42)6-12-46-18-24-52-30-31-55-29-23-51-17-11-41-35(43)4-5-36(41)44/h4-5,35,43H,6-33H2,1-3H3. The van der Waals surface area contributed by atoms with Crippen molar-refractivity contribution in [1.82, 2.24) is 14.7 Å². The highest BCUT2D eigenvalue weighted by Gasteiger charge is 2.23. The molecule has 2 aliphatic rings. The van der Waals surface area contributed by atoms with Crippen LogP contribution in [-0.4, -0.2) is 222 Å². The van der Waals surface area contributed by atoms with Crippen molar-refractivity contribution in [1.29, 1.82) is 0 Å². The second-order valence-corrected chi connectivity index (χ2v) is 14.1. The lowest BCUT2D eigenvalue weighted by Gasteiger charge is -2.23. The molecule has 1 unspecified atom stereocenters. The van der Waals surface area contributed by atoms with E-state index in [0.717, 1.165) is 0 Å². The zero-order chi connectivity index (χ0) is 40.5. The molecule has 0 saturated carbocycles. The van der Waals surface area contributed by atoms with E-state index in [9.17, 15) is 19.5 Å². The van der Waals surface area contributed by atoms with Crippen LogP contribution in [0.5, 0.6) is 0 Å². The number of esters is 1. The molecule has 326 valence electrons. The molecule has 0 bridgehead atoms. The van der Waals surface area contributed by atoms with E-state index >= 15 is 0 Å². The summed E-state index contributed by atoms with van der Waals surface area (Å²) in [5, 5.41) is 9.65. The van der Waals surface area contributed by atoms with E-state index in [1.807, 2.05) is 25.7 Å². The summed E-state index contributed by atoms with van der Waals surface area (Å²) in [6.07, 6.45) is 2.12. The summed E-state index contributed by atoms with van der Waals surface area (Å²) in [4.78, 5) is 41.9. The van der Waals surface area contributed by atoms with E-state index in [1.165, 1.54) is 17.1 Å². The quantitative estimate of drug-likeness (QED) is 0.144. The zero-order valence-corrected chi connectivity index (χ0v) is 34.0. The molecule has 0 aromatic rings. The maximum Gasteiger partial charge on any atom is 0.320 e. The van der Waals surface area contributed by atoms with Crippen molar-refractivity contribution < 1.29 is 71.6 Å². The van der Waals surface area contributed by atoms with Gasteiger partial charge in [0.05, 0.1) is 152 Å². The minimum absolute atomic E-state index is 0.0581. The largest absolute Gasteiger partial charge is 0.464 e. The van der Waals surface area contributed by atoms with Gasteiger partial charge in [-0.1, -0.05) is 20.8 Å². The van der Waals surface area contributed by atoms with Gasteiger partial charge in [-0.3, -0.25) is 19.3 Å². The molecule has 2 aliphatic heterocycles. The summed E-state index contributed by atoms with van der Waals surface area (Å²) in [7, 11) is 0. The minimum Gasteiger partial charge on any atom is -0.464 e. The van der Waals surface area contributed by atoms with Gasteiger partial charge in [-0.25, -0.2) is 0 Å². The van der Waals surface area contributed by atoms with Gasteiger partial charge in [0.1, 0.15) is 6.23 Å². The van der Waals surface area contributed by atoms with Crippen molar-refractivity contribution in [2.45, 2.75) is 33.4 Å². The number of nitrogens with zero attached hydrogens (tertiary/aromatic N) is 3. The van der Waals surface area contributed by atoms with E-state index < -0.39 is 6.23 Å². The Hall–Kier alpha value is -2.33. The Morgan fingerprint density at radius 3 is 1.54 bits per heavy atom. The third kappa shape index (κ3) is 27.3.